The lowest BCUT2D eigenvalue weighted by atomic mass is 9.99. The van der Waals surface area contributed by atoms with Crippen molar-refractivity contribution in [1.29, 1.82) is 0 Å². The summed E-state index contributed by atoms with van der Waals surface area (Å²) in [4.78, 5) is 13.5. The summed E-state index contributed by atoms with van der Waals surface area (Å²) in [6.45, 7) is 4.84. The van der Waals surface area contributed by atoms with Crippen molar-refractivity contribution in [3.63, 3.8) is 0 Å². The van der Waals surface area contributed by atoms with Crippen LogP contribution in [-0.2, 0) is 16.2 Å². The number of hydrogen-bond donors (Lipinski definition) is 1. The minimum Gasteiger partial charge on any atom is -0.466 e. The van der Waals surface area contributed by atoms with E-state index in [1.807, 2.05) is 29.8 Å². The maximum Gasteiger partial charge on any atom is 0.314 e. The molecule has 2 fully saturated rings. The number of benzene rings is 1. The fourth-order valence-electron chi connectivity index (χ4n) is 3.92. The third-order valence-electron chi connectivity index (χ3n) is 5.43. The molecule has 4 rings (SSSR count). The molecule has 2 aliphatic rings. The van der Waals surface area contributed by atoms with Crippen molar-refractivity contribution < 1.29 is 14.4 Å². The minimum absolute atomic E-state index is 0.0121. The number of nitrogens with zero attached hydrogens (tertiary/aromatic N) is 3. The van der Waals surface area contributed by atoms with Gasteiger partial charge in [0, 0.05) is 11.6 Å². The first-order valence-electron chi connectivity index (χ1n) is 9.92. The molecule has 1 aliphatic heterocycles. The number of para-hydroxylation sites is 1. The van der Waals surface area contributed by atoms with E-state index in [-0.39, 0.29) is 11.9 Å². The molecule has 2 atom stereocenters. The predicted molar refractivity (Wildman–Crippen MR) is 104 cm³/mol. The third kappa shape index (κ3) is 3.99. The smallest absolute Gasteiger partial charge is 0.314 e. The van der Waals surface area contributed by atoms with Gasteiger partial charge in [-0.3, -0.25) is 9.36 Å². The van der Waals surface area contributed by atoms with Crippen LogP contribution >= 0.6 is 12.2 Å². The summed E-state index contributed by atoms with van der Waals surface area (Å²) in [5, 5.41) is 4.89. The van der Waals surface area contributed by atoms with Crippen molar-refractivity contribution in [2.75, 3.05) is 19.7 Å². The van der Waals surface area contributed by atoms with E-state index in [2.05, 4.69) is 16.7 Å². The molecule has 1 aliphatic carbocycles. The molecule has 144 valence electrons. The van der Waals surface area contributed by atoms with Gasteiger partial charge in [-0.25, -0.2) is 0 Å². The van der Waals surface area contributed by atoms with E-state index in [4.69, 9.17) is 22.1 Å². The average molecular weight is 388 g/mol. The Hall–Kier alpha value is -1.99. The Morgan fingerprint density at radius 2 is 2.07 bits per heavy atom. The Bertz CT molecular complexity index is 857. The third-order valence-corrected chi connectivity index (χ3v) is 5.83. The highest BCUT2D eigenvalue weighted by Gasteiger charge is 2.33. The number of aromatic nitrogens is 3. The van der Waals surface area contributed by atoms with Gasteiger partial charge in [0.25, 0.3) is 0 Å². The number of quaternary nitrogens is 1. The first kappa shape index (κ1) is 18.4. The standard InChI is InChI=1S/C20H26N4O2S/c1-2-26-19(25)16-7-6-12-22(13-16)14-23-20(27)24(17-8-4-3-5-9-17)18(21-23)15-10-11-15/h3-5,8-9,15-16H,2,6-7,10-14H2,1H3/p+1/t16-/m0/s1. The highest BCUT2D eigenvalue weighted by Crippen LogP contribution is 2.40. The number of likely N-dealkylation sites (tertiary alicyclic amines) is 1. The van der Waals surface area contributed by atoms with Gasteiger partial charge in [0.1, 0.15) is 11.7 Å². The zero-order valence-electron chi connectivity index (χ0n) is 15.8. The topological polar surface area (TPSA) is 53.5 Å². The number of hydrogen-bond acceptors (Lipinski definition) is 4. The quantitative estimate of drug-likeness (QED) is 0.609. The second-order valence-electron chi connectivity index (χ2n) is 7.54. The van der Waals surface area contributed by atoms with Crippen molar-refractivity contribution in [2.45, 2.75) is 45.2 Å². The Kier molecular flexibility index (Phi) is 5.41. The van der Waals surface area contributed by atoms with Gasteiger partial charge < -0.3 is 9.64 Å². The monoisotopic (exact) mass is 387 g/mol. The van der Waals surface area contributed by atoms with Crippen molar-refractivity contribution in [3.05, 3.63) is 40.9 Å². The van der Waals surface area contributed by atoms with E-state index in [1.54, 1.807) is 0 Å². The van der Waals surface area contributed by atoms with E-state index in [0.717, 1.165) is 42.2 Å². The van der Waals surface area contributed by atoms with Gasteiger partial charge in [0.2, 0.25) is 4.77 Å². The maximum absolute atomic E-state index is 12.1. The fraction of sp³-hybridized carbons (Fsp3) is 0.550. The molecular formula is C20H27N4O2S+. The molecular weight excluding hydrogens is 360 g/mol. The van der Waals surface area contributed by atoms with Crippen LogP contribution in [0.4, 0.5) is 0 Å². The summed E-state index contributed by atoms with van der Waals surface area (Å²) in [5.74, 6) is 1.51. The molecule has 27 heavy (non-hydrogen) atoms. The first-order valence-corrected chi connectivity index (χ1v) is 10.3. The number of carbonyl (C=O) groups excluding carboxylic acids is 1. The predicted octanol–water partition coefficient (Wildman–Crippen LogP) is 2.10. The van der Waals surface area contributed by atoms with Gasteiger partial charge in [-0.2, -0.15) is 9.78 Å². The second kappa shape index (κ2) is 7.94. The molecule has 0 amide bonds. The van der Waals surface area contributed by atoms with E-state index >= 15 is 0 Å². The summed E-state index contributed by atoms with van der Waals surface area (Å²) in [7, 11) is 0. The molecule has 0 bridgehead atoms. The van der Waals surface area contributed by atoms with Gasteiger partial charge in [0.15, 0.2) is 6.67 Å². The van der Waals surface area contributed by atoms with Crippen LogP contribution in [0.15, 0.2) is 30.3 Å². The van der Waals surface area contributed by atoms with Crippen LogP contribution in [0.25, 0.3) is 5.69 Å². The normalized spacial score (nSPS) is 22.6. The van der Waals surface area contributed by atoms with Crippen LogP contribution in [0, 0.1) is 10.7 Å². The van der Waals surface area contributed by atoms with Crippen LogP contribution in [0.3, 0.4) is 0 Å². The van der Waals surface area contributed by atoms with Crippen molar-refractivity contribution >= 4 is 18.2 Å². The van der Waals surface area contributed by atoms with E-state index in [9.17, 15) is 4.79 Å². The number of piperidine rings is 1. The second-order valence-corrected chi connectivity index (χ2v) is 7.90. The molecule has 2 aromatic rings. The van der Waals surface area contributed by atoms with Crippen molar-refractivity contribution in [3.8, 4) is 5.69 Å². The summed E-state index contributed by atoms with van der Waals surface area (Å²) in [6.07, 6.45) is 4.31. The van der Waals surface area contributed by atoms with Gasteiger partial charge in [-0.1, -0.05) is 18.2 Å². The molecule has 6 nitrogen and oxygen atoms in total. The lowest BCUT2D eigenvalue weighted by molar-refractivity contribution is -0.930. The zero-order valence-corrected chi connectivity index (χ0v) is 16.6. The number of carbonyl (C=O) groups is 1. The number of esters is 1. The average Bonchev–Trinajstić information content (AvgIpc) is 3.48. The van der Waals surface area contributed by atoms with Crippen LogP contribution in [0.1, 0.15) is 44.3 Å². The van der Waals surface area contributed by atoms with E-state index < -0.39 is 0 Å². The SMILES string of the molecule is CCOC(=O)[C@H]1CCC[NH+](Cn2nc(C3CC3)n(-c3ccccc3)c2=S)C1. The Labute approximate surface area is 164 Å². The summed E-state index contributed by atoms with van der Waals surface area (Å²) in [6, 6.07) is 10.2. The van der Waals surface area contributed by atoms with Gasteiger partial charge >= 0.3 is 5.97 Å². The zero-order chi connectivity index (χ0) is 18.8. The van der Waals surface area contributed by atoms with Crippen LogP contribution in [0.5, 0.6) is 0 Å². The molecule has 1 aromatic carbocycles. The molecule has 1 saturated carbocycles. The van der Waals surface area contributed by atoms with Crippen molar-refractivity contribution in [1.82, 2.24) is 14.3 Å². The molecule has 1 aromatic heterocycles. The summed E-state index contributed by atoms with van der Waals surface area (Å²) in [5.41, 5.74) is 1.08. The van der Waals surface area contributed by atoms with E-state index in [0.29, 0.717) is 19.2 Å². The van der Waals surface area contributed by atoms with Crippen LogP contribution in [-0.4, -0.2) is 40.0 Å². The number of nitrogens with one attached hydrogen (secondary N) is 1. The summed E-state index contributed by atoms with van der Waals surface area (Å²) >= 11 is 5.79. The molecule has 7 heteroatoms. The number of rotatable bonds is 6. The van der Waals surface area contributed by atoms with Gasteiger partial charge in [0.05, 0.1) is 19.7 Å². The molecule has 0 radical (unpaired) electrons. The van der Waals surface area contributed by atoms with Crippen molar-refractivity contribution in [2.24, 2.45) is 5.92 Å². The highest BCUT2D eigenvalue weighted by atomic mass is 32.1. The number of ether oxygens (including phenoxy) is 1. The Morgan fingerprint density at radius 3 is 2.78 bits per heavy atom. The minimum atomic E-state index is -0.0632. The Morgan fingerprint density at radius 1 is 1.30 bits per heavy atom. The van der Waals surface area contributed by atoms with E-state index in [1.165, 1.54) is 17.7 Å². The summed E-state index contributed by atoms with van der Waals surface area (Å²) < 4.78 is 10.1. The Balaban J connectivity index is 1.56. The molecule has 1 unspecified atom stereocenters. The lowest BCUT2D eigenvalue weighted by Crippen LogP contribution is -3.13. The highest BCUT2D eigenvalue weighted by molar-refractivity contribution is 7.71. The molecule has 2 heterocycles. The first-order chi connectivity index (χ1) is 13.2. The molecule has 0 spiro atoms. The maximum atomic E-state index is 12.1. The fourth-order valence-corrected chi connectivity index (χ4v) is 4.23. The molecule has 1 saturated heterocycles. The molecule has 1 N–H and O–H groups in total. The largest absolute Gasteiger partial charge is 0.466 e. The van der Waals surface area contributed by atoms with Gasteiger partial charge in [-0.05, 0) is 57.0 Å². The van der Waals surface area contributed by atoms with Crippen LogP contribution < -0.4 is 4.90 Å². The van der Waals surface area contributed by atoms with Crippen LogP contribution in [0.2, 0.25) is 0 Å². The van der Waals surface area contributed by atoms with Gasteiger partial charge in [-0.15, -0.1) is 0 Å². The lowest BCUT2D eigenvalue weighted by Gasteiger charge is -2.28.